The number of carbonyl (C=O) groups excluding carboxylic acids is 2. The third kappa shape index (κ3) is 5.06. The molecule has 6 rings (SSSR count). The number of ether oxygens (including phenoxy) is 2. The van der Waals surface area contributed by atoms with Crippen LogP contribution in [0.25, 0.3) is 0 Å². The van der Waals surface area contributed by atoms with Gasteiger partial charge < -0.3 is 14.6 Å². The Bertz CT molecular complexity index is 1220. The van der Waals surface area contributed by atoms with Crippen LogP contribution < -0.4 is 0 Å². The van der Waals surface area contributed by atoms with E-state index >= 15 is 0 Å². The summed E-state index contributed by atoms with van der Waals surface area (Å²) in [5, 5.41) is 11.1. The molecule has 11 unspecified atom stereocenters. The van der Waals surface area contributed by atoms with Crippen LogP contribution in [0.15, 0.2) is 12.2 Å². The lowest BCUT2D eigenvalue weighted by Crippen LogP contribution is -2.67. The van der Waals surface area contributed by atoms with Crippen molar-refractivity contribution in [3.63, 3.8) is 0 Å². The lowest BCUT2D eigenvalue weighted by Gasteiger charge is -2.72. The van der Waals surface area contributed by atoms with Gasteiger partial charge in [-0.25, -0.2) is 0 Å². The molecule has 0 radical (unpaired) electrons. The molecular formula is C42H68O5. The summed E-state index contributed by atoms with van der Waals surface area (Å²) in [5.41, 5.74) is -0.230. The van der Waals surface area contributed by atoms with Crippen molar-refractivity contribution in [2.45, 2.75) is 188 Å². The van der Waals surface area contributed by atoms with E-state index in [9.17, 15) is 14.7 Å². The van der Waals surface area contributed by atoms with Gasteiger partial charge in [0.05, 0.1) is 6.10 Å². The third-order valence-electron chi connectivity index (χ3n) is 16.6. The van der Waals surface area contributed by atoms with Crippen LogP contribution in [0.4, 0.5) is 0 Å². The number of hydrogen-bond donors (Lipinski definition) is 1. The van der Waals surface area contributed by atoms with Crippen LogP contribution in [0.3, 0.4) is 0 Å². The highest BCUT2D eigenvalue weighted by Gasteiger charge is 2.82. The highest BCUT2D eigenvalue weighted by Crippen LogP contribution is 2.80. The minimum absolute atomic E-state index is 0.0113. The summed E-state index contributed by atoms with van der Waals surface area (Å²) in [6.07, 6.45) is 19.6. The van der Waals surface area contributed by atoms with Crippen LogP contribution in [0.2, 0.25) is 0 Å². The number of fused-ring (bicyclic) bond motifs is 5. The molecule has 5 aliphatic carbocycles. The molecule has 5 saturated carbocycles. The van der Waals surface area contributed by atoms with E-state index in [2.05, 4.69) is 48.1 Å². The van der Waals surface area contributed by atoms with Crippen molar-refractivity contribution in [1.29, 1.82) is 0 Å². The summed E-state index contributed by atoms with van der Waals surface area (Å²) < 4.78 is 12.9. The van der Waals surface area contributed by atoms with Gasteiger partial charge in [0.25, 0.3) is 0 Å². The smallest absolute Gasteiger partial charge is 0.317 e. The predicted octanol–water partition coefficient (Wildman–Crippen LogP) is 10.1. The minimum Gasteiger partial charge on any atom is -0.461 e. The van der Waals surface area contributed by atoms with E-state index < -0.39 is 17.1 Å². The molecule has 0 spiro atoms. The van der Waals surface area contributed by atoms with Crippen molar-refractivity contribution in [2.75, 3.05) is 0 Å². The molecule has 1 aliphatic heterocycles. The molecule has 0 aromatic rings. The van der Waals surface area contributed by atoms with E-state index in [1.54, 1.807) is 0 Å². The van der Waals surface area contributed by atoms with Gasteiger partial charge in [-0.15, -0.1) is 0 Å². The van der Waals surface area contributed by atoms with E-state index in [1.165, 1.54) is 51.4 Å². The lowest BCUT2D eigenvalue weighted by molar-refractivity contribution is -0.247. The van der Waals surface area contributed by atoms with E-state index in [-0.39, 0.29) is 45.6 Å². The SMILES string of the molecule is C=C(C)C12CC(OC(=O)CCCCCCCCCCC)C3(CCC4(C)C(CCC5C6(C)CCC(O)C(C)(C)C6CCC54C)C13)C(=O)O2. The zero-order chi connectivity index (χ0) is 34.0. The van der Waals surface area contributed by atoms with Gasteiger partial charge in [-0.3, -0.25) is 9.59 Å². The fourth-order valence-corrected chi connectivity index (χ4v) is 13.8. The standard InChI is InChI=1S/C42H68O5/c1-9-10-11-12-13-14-15-16-17-18-34(44)46-33-27-42(28(2)3)35-29-19-20-31-38(6)23-22-32(43)37(4,5)30(38)21-24-40(31,8)39(29,7)25-26-41(33,35)36(45)47-42/h29-33,35,43H,2,9-27H2,1,3-8H3. The van der Waals surface area contributed by atoms with Crippen molar-refractivity contribution in [3.05, 3.63) is 12.2 Å². The Labute approximate surface area is 286 Å². The van der Waals surface area contributed by atoms with Crippen molar-refractivity contribution < 1.29 is 24.2 Å². The number of carbonyl (C=O) groups is 2. The average molecular weight is 653 g/mol. The van der Waals surface area contributed by atoms with Crippen LogP contribution in [0.5, 0.6) is 0 Å². The van der Waals surface area contributed by atoms with Gasteiger partial charge in [0.15, 0.2) is 0 Å². The van der Waals surface area contributed by atoms with Gasteiger partial charge in [-0.2, -0.15) is 0 Å². The lowest BCUT2D eigenvalue weighted by atomic mass is 9.32. The number of rotatable bonds is 12. The summed E-state index contributed by atoms with van der Waals surface area (Å²) >= 11 is 0. The topological polar surface area (TPSA) is 72.8 Å². The van der Waals surface area contributed by atoms with Crippen LogP contribution in [-0.4, -0.2) is 34.9 Å². The zero-order valence-electron chi connectivity index (χ0n) is 31.2. The summed E-state index contributed by atoms with van der Waals surface area (Å²) in [5.74, 6) is 1.18. The summed E-state index contributed by atoms with van der Waals surface area (Å²) in [7, 11) is 0. The summed E-state index contributed by atoms with van der Waals surface area (Å²) in [6.45, 7) is 21.1. The highest BCUT2D eigenvalue weighted by molar-refractivity contribution is 5.85. The van der Waals surface area contributed by atoms with Gasteiger partial charge in [0.1, 0.15) is 17.1 Å². The van der Waals surface area contributed by atoms with E-state index in [1.807, 2.05) is 6.92 Å². The molecule has 2 bridgehead atoms. The minimum atomic E-state index is -0.751. The second kappa shape index (κ2) is 12.4. The maximum atomic E-state index is 14.1. The van der Waals surface area contributed by atoms with Gasteiger partial charge in [-0.05, 0) is 110 Å². The van der Waals surface area contributed by atoms with E-state index in [0.29, 0.717) is 30.6 Å². The first kappa shape index (κ1) is 35.5. The van der Waals surface area contributed by atoms with Crippen LogP contribution >= 0.6 is 0 Å². The number of aliphatic hydroxyl groups is 1. The van der Waals surface area contributed by atoms with Crippen molar-refractivity contribution in [3.8, 4) is 0 Å². The Morgan fingerprint density at radius 2 is 1.51 bits per heavy atom. The maximum absolute atomic E-state index is 14.1. The normalized spacial score (nSPS) is 46.1. The first-order valence-corrected chi connectivity index (χ1v) is 19.9. The summed E-state index contributed by atoms with van der Waals surface area (Å²) in [4.78, 5) is 27.5. The molecule has 0 aromatic carbocycles. The van der Waals surface area contributed by atoms with Crippen molar-refractivity contribution >= 4 is 11.9 Å². The molecule has 0 amide bonds. The Hall–Kier alpha value is -1.36. The maximum Gasteiger partial charge on any atom is 0.317 e. The second-order valence-electron chi connectivity index (χ2n) is 18.9. The predicted molar refractivity (Wildman–Crippen MR) is 187 cm³/mol. The van der Waals surface area contributed by atoms with Gasteiger partial charge in [-0.1, -0.05) is 99.5 Å². The molecule has 1 N–H and O–H groups in total. The second-order valence-corrected chi connectivity index (χ2v) is 18.9. The molecule has 6 aliphatic rings. The number of hydrogen-bond acceptors (Lipinski definition) is 5. The molecule has 5 heteroatoms. The molecule has 5 nitrogen and oxygen atoms in total. The Balaban J connectivity index is 1.19. The number of esters is 2. The van der Waals surface area contributed by atoms with Crippen molar-refractivity contribution in [2.24, 2.45) is 50.7 Å². The number of unbranched alkanes of at least 4 members (excludes halogenated alkanes) is 8. The van der Waals surface area contributed by atoms with E-state index in [4.69, 9.17) is 9.47 Å². The molecular weight excluding hydrogens is 584 g/mol. The monoisotopic (exact) mass is 653 g/mol. The molecule has 266 valence electrons. The molecule has 47 heavy (non-hydrogen) atoms. The molecule has 1 saturated heterocycles. The van der Waals surface area contributed by atoms with Gasteiger partial charge in [0, 0.05) is 18.8 Å². The third-order valence-corrected chi connectivity index (χ3v) is 16.6. The van der Waals surface area contributed by atoms with E-state index in [0.717, 1.165) is 63.4 Å². The first-order chi connectivity index (χ1) is 22.1. The molecule has 11 atom stereocenters. The fraction of sp³-hybridized carbons (Fsp3) is 0.905. The summed E-state index contributed by atoms with van der Waals surface area (Å²) in [6, 6.07) is 0. The first-order valence-electron chi connectivity index (χ1n) is 19.9. The number of aliphatic hydroxyl groups excluding tert-OH is 1. The largest absolute Gasteiger partial charge is 0.461 e. The molecule has 1 heterocycles. The Morgan fingerprint density at radius 3 is 2.17 bits per heavy atom. The highest BCUT2D eigenvalue weighted by atomic mass is 16.6. The fourth-order valence-electron chi connectivity index (χ4n) is 13.8. The van der Waals surface area contributed by atoms with Crippen LogP contribution in [-0.2, 0) is 19.1 Å². The van der Waals surface area contributed by atoms with Gasteiger partial charge in [0.2, 0.25) is 0 Å². The Morgan fingerprint density at radius 1 is 0.851 bits per heavy atom. The quantitative estimate of drug-likeness (QED) is 0.129. The Kier molecular flexibility index (Phi) is 9.39. The molecule has 6 fully saturated rings. The zero-order valence-corrected chi connectivity index (χ0v) is 31.2. The van der Waals surface area contributed by atoms with Gasteiger partial charge >= 0.3 is 11.9 Å². The molecule has 0 aromatic heterocycles. The van der Waals surface area contributed by atoms with Crippen LogP contribution in [0, 0.1) is 50.7 Å². The average Bonchev–Trinajstić information content (AvgIpc) is 3.44. The van der Waals surface area contributed by atoms with Crippen molar-refractivity contribution in [1.82, 2.24) is 0 Å². The van der Waals surface area contributed by atoms with Crippen LogP contribution in [0.1, 0.15) is 170 Å².